The molecule has 2 heterocycles. The largest absolute Gasteiger partial charge is 0.486 e. The van der Waals surface area contributed by atoms with Crippen molar-refractivity contribution >= 4 is 17.5 Å². The van der Waals surface area contributed by atoms with Crippen LogP contribution in [0.15, 0.2) is 59.0 Å². The first-order valence-corrected chi connectivity index (χ1v) is 10.9. The molecule has 0 saturated carbocycles. The zero-order valence-corrected chi connectivity index (χ0v) is 18.7. The fourth-order valence-corrected chi connectivity index (χ4v) is 3.98. The van der Waals surface area contributed by atoms with E-state index in [1.807, 2.05) is 61.2 Å². The molecule has 2 aromatic carbocycles. The summed E-state index contributed by atoms with van der Waals surface area (Å²) in [5.41, 5.74) is 3.53. The third-order valence-electron chi connectivity index (χ3n) is 5.43. The number of ether oxygens (including phenoxy) is 1. The topological polar surface area (TPSA) is 45.9 Å². The van der Waals surface area contributed by atoms with Crippen LogP contribution in [0.1, 0.15) is 33.0 Å². The molecule has 4 rings (SSSR count). The first-order chi connectivity index (χ1) is 15.0. The fraction of sp³-hybridized carbons (Fsp3) is 0.320. The Morgan fingerprint density at radius 1 is 0.968 bits per heavy atom. The molecule has 5 nitrogen and oxygen atoms in total. The van der Waals surface area contributed by atoms with Crippen molar-refractivity contribution in [3.63, 3.8) is 0 Å². The SMILES string of the molecule is Cc1cc(C)cc(OCc2ccc(C(=O)N3CCN(Cc4ccc(Cl)cc4)CC3)o2)c1. The quantitative estimate of drug-likeness (QED) is 0.538. The third-order valence-corrected chi connectivity index (χ3v) is 5.68. The highest BCUT2D eigenvalue weighted by Crippen LogP contribution is 2.20. The summed E-state index contributed by atoms with van der Waals surface area (Å²) >= 11 is 5.96. The second-order valence-corrected chi connectivity index (χ2v) is 8.51. The number of benzene rings is 2. The number of furan rings is 1. The molecule has 0 spiro atoms. The monoisotopic (exact) mass is 438 g/mol. The molecule has 1 aliphatic rings. The molecule has 1 aromatic heterocycles. The van der Waals surface area contributed by atoms with Crippen molar-refractivity contribution in [2.45, 2.75) is 27.0 Å². The van der Waals surface area contributed by atoms with Crippen molar-refractivity contribution in [1.29, 1.82) is 0 Å². The molecule has 0 bridgehead atoms. The maximum Gasteiger partial charge on any atom is 0.289 e. The van der Waals surface area contributed by atoms with E-state index in [-0.39, 0.29) is 5.91 Å². The van der Waals surface area contributed by atoms with E-state index in [0.29, 0.717) is 31.2 Å². The van der Waals surface area contributed by atoms with Gasteiger partial charge in [-0.3, -0.25) is 9.69 Å². The Morgan fingerprint density at radius 3 is 2.32 bits per heavy atom. The number of amides is 1. The van der Waals surface area contributed by atoms with Gasteiger partial charge in [-0.15, -0.1) is 0 Å². The van der Waals surface area contributed by atoms with Crippen LogP contribution in [0.25, 0.3) is 0 Å². The first kappa shape index (κ1) is 21.5. The van der Waals surface area contributed by atoms with E-state index in [1.165, 1.54) is 5.56 Å². The van der Waals surface area contributed by atoms with Crippen molar-refractivity contribution in [2.75, 3.05) is 26.2 Å². The Morgan fingerprint density at radius 2 is 1.65 bits per heavy atom. The van der Waals surface area contributed by atoms with Crippen LogP contribution < -0.4 is 4.74 Å². The molecule has 162 valence electrons. The van der Waals surface area contributed by atoms with Crippen LogP contribution in [0.5, 0.6) is 5.75 Å². The molecular formula is C25H27ClN2O3. The lowest BCUT2D eigenvalue weighted by Gasteiger charge is -2.34. The van der Waals surface area contributed by atoms with Crippen molar-refractivity contribution in [1.82, 2.24) is 9.80 Å². The number of aryl methyl sites for hydroxylation is 2. The smallest absolute Gasteiger partial charge is 0.289 e. The molecule has 1 aliphatic heterocycles. The number of hydrogen-bond acceptors (Lipinski definition) is 4. The van der Waals surface area contributed by atoms with Gasteiger partial charge >= 0.3 is 0 Å². The summed E-state index contributed by atoms with van der Waals surface area (Å²) in [4.78, 5) is 17.0. The van der Waals surface area contributed by atoms with Crippen molar-refractivity contribution in [3.05, 3.63) is 87.8 Å². The molecule has 6 heteroatoms. The van der Waals surface area contributed by atoms with Gasteiger partial charge in [0, 0.05) is 37.7 Å². The van der Waals surface area contributed by atoms with Crippen LogP contribution in [0, 0.1) is 13.8 Å². The summed E-state index contributed by atoms with van der Waals surface area (Å²) in [6.07, 6.45) is 0. The van der Waals surface area contributed by atoms with Gasteiger partial charge in [-0.2, -0.15) is 0 Å². The minimum atomic E-state index is -0.0659. The summed E-state index contributed by atoms with van der Waals surface area (Å²) in [5.74, 6) is 1.75. The van der Waals surface area contributed by atoms with Crippen LogP contribution >= 0.6 is 11.6 Å². The number of carbonyl (C=O) groups is 1. The number of rotatable bonds is 6. The highest BCUT2D eigenvalue weighted by Gasteiger charge is 2.24. The van der Waals surface area contributed by atoms with Gasteiger partial charge in [0.15, 0.2) is 5.76 Å². The fourth-order valence-electron chi connectivity index (χ4n) is 3.85. The Bertz CT molecular complexity index is 1020. The summed E-state index contributed by atoms with van der Waals surface area (Å²) in [6, 6.07) is 17.6. The average Bonchev–Trinajstić information content (AvgIpc) is 3.22. The molecule has 1 amide bonds. The number of piperazine rings is 1. The van der Waals surface area contributed by atoms with E-state index < -0.39 is 0 Å². The Labute approximate surface area is 188 Å². The highest BCUT2D eigenvalue weighted by atomic mass is 35.5. The minimum Gasteiger partial charge on any atom is -0.486 e. The summed E-state index contributed by atoms with van der Waals surface area (Å²) < 4.78 is 11.6. The molecule has 0 aliphatic carbocycles. The second kappa shape index (κ2) is 9.58. The molecular weight excluding hydrogens is 412 g/mol. The van der Waals surface area contributed by atoms with Crippen LogP contribution in [0.4, 0.5) is 0 Å². The highest BCUT2D eigenvalue weighted by molar-refractivity contribution is 6.30. The van der Waals surface area contributed by atoms with Gasteiger partial charge in [-0.05, 0) is 66.9 Å². The van der Waals surface area contributed by atoms with Gasteiger partial charge in [0.2, 0.25) is 0 Å². The molecule has 31 heavy (non-hydrogen) atoms. The van der Waals surface area contributed by atoms with E-state index >= 15 is 0 Å². The molecule has 0 N–H and O–H groups in total. The van der Waals surface area contributed by atoms with Gasteiger partial charge in [0.25, 0.3) is 5.91 Å². The molecule has 1 saturated heterocycles. The van der Waals surface area contributed by atoms with Gasteiger partial charge in [0.05, 0.1) is 0 Å². The van der Waals surface area contributed by atoms with E-state index in [9.17, 15) is 4.79 Å². The first-order valence-electron chi connectivity index (χ1n) is 10.5. The number of carbonyl (C=O) groups excluding carboxylic acids is 1. The number of hydrogen-bond donors (Lipinski definition) is 0. The summed E-state index contributed by atoms with van der Waals surface area (Å²) in [5, 5.41) is 0.747. The summed E-state index contributed by atoms with van der Waals surface area (Å²) in [6.45, 7) is 8.26. The molecule has 0 radical (unpaired) electrons. The van der Waals surface area contributed by atoms with Gasteiger partial charge in [-0.25, -0.2) is 0 Å². The van der Waals surface area contributed by atoms with Crippen LogP contribution in [-0.2, 0) is 13.2 Å². The maximum absolute atomic E-state index is 12.8. The lowest BCUT2D eigenvalue weighted by Crippen LogP contribution is -2.48. The molecule has 0 unspecified atom stereocenters. The lowest BCUT2D eigenvalue weighted by molar-refractivity contribution is 0.0594. The van der Waals surface area contributed by atoms with E-state index in [0.717, 1.165) is 41.5 Å². The van der Waals surface area contributed by atoms with E-state index in [1.54, 1.807) is 6.07 Å². The Kier molecular flexibility index (Phi) is 6.64. The van der Waals surface area contributed by atoms with Crippen molar-refractivity contribution in [2.24, 2.45) is 0 Å². The summed E-state index contributed by atoms with van der Waals surface area (Å²) in [7, 11) is 0. The standard InChI is InChI=1S/C25H27ClN2O3/c1-18-13-19(2)15-23(14-18)30-17-22-7-8-24(31-22)25(29)28-11-9-27(10-12-28)16-20-3-5-21(26)6-4-20/h3-8,13-15H,9-12,16-17H2,1-2H3. The Hall–Kier alpha value is -2.76. The van der Waals surface area contributed by atoms with E-state index in [4.69, 9.17) is 20.8 Å². The van der Waals surface area contributed by atoms with Gasteiger partial charge in [-0.1, -0.05) is 29.8 Å². The zero-order valence-electron chi connectivity index (χ0n) is 17.9. The van der Waals surface area contributed by atoms with Crippen molar-refractivity contribution < 1.29 is 13.9 Å². The van der Waals surface area contributed by atoms with Crippen LogP contribution in [-0.4, -0.2) is 41.9 Å². The predicted molar refractivity (Wildman–Crippen MR) is 122 cm³/mol. The van der Waals surface area contributed by atoms with Crippen LogP contribution in [0.3, 0.4) is 0 Å². The van der Waals surface area contributed by atoms with E-state index in [2.05, 4.69) is 11.0 Å². The van der Waals surface area contributed by atoms with Gasteiger partial charge in [0.1, 0.15) is 18.1 Å². The lowest BCUT2D eigenvalue weighted by atomic mass is 10.1. The van der Waals surface area contributed by atoms with Crippen LogP contribution in [0.2, 0.25) is 5.02 Å². The number of nitrogens with zero attached hydrogens (tertiary/aromatic N) is 2. The Balaban J connectivity index is 1.28. The average molecular weight is 439 g/mol. The predicted octanol–water partition coefficient (Wildman–Crippen LogP) is 5.09. The minimum absolute atomic E-state index is 0.0659. The van der Waals surface area contributed by atoms with Gasteiger partial charge < -0.3 is 14.1 Å². The zero-order chi connectivity index (χ0) is 21.8. The maximum atomic E-state index is 12.8. The van der Waals surface area contributed by atoms with Crippen molar-refractivity contribution in [3.8, 4) is 5.75 Å². The second-order valence-electron chi connectivity index (χ2n) is 8.07. The normalized spacial score (nSPS) is 14.6. The molecule has 3 aromatic rings. The third kappa shape index (κ3) is 5.69. The number of halogens is 1. The molecule has 0 atom stereocenters. The molecule has 1 fully saturated rings.